The fourth-order valence-electron chi connectivity index (χ4n) is 3.39. The molecule has 0 saturated heterocycles. The van der Waals surface area contributed by atoms with E-state index in [0.29, 0.717) is 6.54 Å². The van der Waals surface area contributed by atoms with Crippen molar-refractivity contribution in [1.29, 1.82) is 5.26 Å². The van der Waals surface area contributed by atoms with Crippen LogP contribution in [0.3, 0.4) is 0 Å². The van der Waals surface area contributed by atoms with Gasteiger partial charge in [-0.1, -0.05) is 57.2 Å². The van der Waals surface area contributed by atoms with Gasteiger partial charge in [-0.15, -0.1) is 0 Å². The molecule has 0 aliphatic heterocycles. The molecule has 156 valence electrons. The number of para-hydroxylation sites is 1. The van der Waals surface area contributed by atoms with Crippen molar-refractivity contribution in [2.24, 2.45) is 0 Å². The normalized spacial score (nSPS) is 11.8. The third-order valence-electron chi connectivity index (χ3n) is 5.09. The topological polar surface area (TPSA) is 61.1 Å². The van der Waals surface area contributed by atoms with Gasteiger partial charge in [-0.05, 0) is 32.7 Å². The summed E-state index contributed by atoms with van der Waals surface area (Å²) in [6.07, 6.45) is 10.8. The first-order valence-electron chi connectivity index (χ1n) is 10.7. The van der Waals surface area contributed by atoms with Gasteiger partial charge in [-0.2, -0.15) is 5.26 Å². The van der Waals surface area contributed by atoms with Gasteiger partial charge in [0.1, 0.15) is 11.6 Å². The van der Waals surface area contributed by atoms with Gasteiger partial charge in [0.25, 0.3) is 5.91 Å². The molecule has 1 aromatic carbocycles. The van der Waals surface area contributed by atoms with E-state index >= 15 is 0 Å². The van der Waals surface area contributed by atoms with Crippen molar-refractivity contribution in [3.05, 3.63) is 41.6 Å². The maximum absolute atomic E-state index is 12.5. The number of nitrogens with one attached hydrogen (secondary N) is 1. The van der Waals surface area contributed by atoms with Gasteiger partial charge in [0, 0.05) is 42.3 Å². The summed E-state index contributed by atoms with van der Waals surface area (Å²) in [5.41, 5.74) is 2.18. The molecule has 1 aromatic heterocycles. The molecule has 1 amide bonds. The molecule has 2 rings (SSSR count). The van der Waals surface area contributed by atoms with Crippen molar-refractivity contribution in [2.75, 3.05) is 27.2 Å². The van der Waals surface area contributed by atoms with Crippen LogP contribution < -0.4 is 5.32 Å². The van der Waals surface area contributed by atoms with Crippen molar-refractivity contribution in [2.45, 2.75) is 52.0 Å². The highest BCUT2D eigenvalue weighted by molar-refractivity contribution is 6.04. The molecule has 2 aromatic rings. The van der Waals surface area contributed by atoms with Crippen LogP contribution in [0.15, 0.2) is 36.0 Å². The van der Waals surface area contributed by atoms with Gasteiger partial charge in [-0.3, -0.25) is 4.79 Å². The number of nitriles is 1. The molecule has 0 radical (unpaired) electrons. The lowest BCUT2D eigenvalue weighted by Gasteiger charge is -2.10. The molecule has 5 heteroatoms. The summed E-state index contributed by atoms with van der Waals surface area (Å²) in [7, 11) is 4.10. The number of nitrogens with zero attached hydrogens (tertiary/aromatic N) is 3. The Morgan fingerprint density at radius 1 is 1.17 bits per heavy atom. The molecule has 0 unspecified atom stereocenters. The Hall–Kier alpha value is -2.58. The van der Waals surface area contributed by atoms with Crippen LogP contribution in [0, 0.1) is 11.3 Å². The molecule has 0 aliphatic carbocycles. The summed E-state index contributed by atoms with van der Waals surface area (Å²) in [6.45, 7) is 4.60. The highest BCUT2D eigenvalue weighted by Gasteiger charge is 2.12. The summed E-state index contributed by atoms with van der Waals surface area (Å²) in [5, 5.41) is 13.5. The highest BCUT2D eigenvalue weighted by atomic mass is 16.1. The van der Waals surface area contributed by atoms with Gasteiger partial charge in [0.05, 0.1) is 0 Å². The third kappa shape index (κ3) is 7.07. The molecule has 29 heavy (non-hydrogen) atoms. The van der Waals surface area contributed by atoms with E-state index in [1.807, 2.05) is 24.4 Å². The quantitative estimate of drug-likeness (QED) is 0.325. The summed E-state index contributed by atoms with van der Waals surface area (Å²) in [4.78, 5) is 14.6. The van der Waals surface area contributed by atoms with Gasteiger partial charge in [-0.25, -0.2) is 0 Å². The van der Waals surface area contributed by atoms with E-state index < -0.39 is 0 Å². The number of fused-ring (bicyclic) bond motifs is 1. The van der Waals surface area contributed by atoms with Gasteiger partial charge in [0.2, 0.25) is 0 Å². The molecule has 0 fully saturated rings. The second-order valence-corrected chi connectivity index (χ2v) is 7.79. The summed E-state index contributed by atoms with van der Waals surface area (Å²) >= 11 is 0. The Labute approximate surface area is 175 Å². The zero-order valence-electron chi connectivity index (χ0n) is 18.1. The van der Waals surface area contributed by atoms with Crippen LogP contribution in [0.4, 0.5) is 0 Å². The van der Waals surface area contributed by atoms with Crippen LogP contribution in [-0.2, 0) is 11.3 Å². The fraction of sp³-hybridized carbons (Fsp3) is 0.500. The minimum Gasteiger partial charge on any atom is -0.351 e. The fourth-order valence-corrected chi connectivity index (χ4v) is 3.39. The monoisotopic (exact) mass is 394 g/mol. The molecule has 0 spiro atoms. The highest BCUT2D eigenvalue weighted by Crippen LogP contribution is 2.23. The van der Waals surface area contributed by atoms with Gasteiger partial charge >= 0.3 is 0 Å². The third-order valence-corrected chi connectivity index (χ3v) is 5.09. The summed E-state index contributed by atoms with van der Waals surface area (Å²) < 4.78 is 2.18. The van der Waals surface area contributed by atoms with Gasteiger partial charge in [0.15, 0.2) is 0 Å². The number of amides is 1. The number of carbonyl (C=O) groups is 1. The van der Waals surface area contributed by atoms with Crippen molar-refractivity contribution in [3.8, 4) is 6.07 Å². The molecule has 0 bridgehead atoms. The number of benzene rings is 1. The number of hydrogen-bond acceptors (Lipinski definition) is 3. The number of hydrogen-bond donors (Lipinski definition) is 1. The number of likely N-dealkylation sites (N-methyl/N-ethyl adjacent to an activating group) is 1. The van der Waals surface area contributed by atoms with E-state index in [4.69, 9.17) is 0 Å². The Morgan fingerprint density at radius 2 is 1.90 bits per heavy atom. The van der Waals surface area contributed by atoms with Crippen LogP contribution in [0.5, 0.6) is 0 Å². The summed E-state index contributed by atoms with van der Waals surface area (Å²) in [5.74, 6) is -0.286. The average molecular weight is 395 g/mol. The number of rotatable bonds is 12. The largest absolute Gasteiger partial charge is 0.351 e. The molecule has 5 nitrogen and oxygen atoms in total. The first-order valence-corrected chi connectivity index (χ1v) is 10.7. The SMILES string of the molecule is CCCCCCCCNC(=O)C(C#N)=Cc1cn(CCN(C)C)c2ccccc12. The lowest BCUT2D eigenvalue weighted by Crippen LogP contribution is -2.25. The lowest BCUT2D eigenvalue weighted by atomic mass is 10.1. The zero-order valence-corrected chi connectivity index (χ0v) is 18.1. The van der Waals surface area contributed by atoms with Crippen LogP contribution in [0.2, 0.25) is 0 Å². The van der Waals surface area contributed by atoms with E-state index in [1.54, 1.807) is 6.08 Å². The van der Waals surface area contributed by atoms with E-state index in [-0.39, 0.29) is 11.5 Å². The molecule has 0 aliphatic rings. The summed E-state index contributed by atoms with van der Waals surface area (Å²) in [6, 6.07) is 10.2. The second kappa shape index (κ2) is 12.1. The molecular formula is C24H34N4O. The van der Waals surface area contributed by atoms with E-state index in [1.165, 1.54) is 25.7 Å². The molecular weight excluding hydrogens is 360 g/mol. The smallest absolute Gasteiger partial charge is 0.261 e. The molecule has 1 heterocycles. The number of unbranched alkanes of at least 4 members (excludes halogenated alkanes) is 5. The lowest BCUT2D eigenvalue weighted by molar-refractivity contribution is -0.117. The van der Waals surface area contributed by atoms with Crippen molar-refractivity contribution in [3.63, 3.8) is 0 Å². The standard InChI is InChI=1S/C24H34N4O/c1-4-5-6-7-8-11-14-26-24(29)20(18-25)17-21-19-28(16-15-27(2)3)23-13-10-9-12-22(21)23/h9-10,12-13,17,19H,4-8,11,14-16H2,1-3H3,(H,26,29). The Morgan fingerprint density at radius 3 is 2.62 bits per heavy atom. The first kappa shape index (κ1) is 22.7. The minimum atomic E-state index is -0.286. The maximum Gasteiger partial charge on any atom is 0.261 e. The molecule has 1 N–H and O–H groups in total. The number of aromatic nitrogens is 1. The average Bonchev–Trinajstić information content (AvgIpc) is 3.07. The van der Waals surface area contributed by atoms with E-state index in [0.717, 1.165) is 42.4 Å². The van der Waals surface area contributed by atoms with E-state index in [2.05, 4.69) is 47.9 Å². The molecule has 0 atom stereocenters. The predicted molar refractivity (Wildman–Crippen MR) is 120 cm³/mol. The van der Waals surface area contributed by atoms with Crippen molar-refractivity contribution < 1.29 is 4.79 Å². The molecule has 0 saturated carbocycles. The van der Waals surface area contributed by atoms with Crippen LogP contribution in [0.25, 0.3) is 17.0 Å². The second-order valence-electron chi connectivity index (χ2n) is 7.79. The van der Waals surface area contributed by atoms with E-state index in [9.17, 15) is 10.1 Å². The Kier molecular flexibility index (Phi) is 9.46. The maximum atomic E-state index is 12.5. The van der Waals surface area contributed by atoms with Gasteiger partial charge < -0.3 is 14.8 Å². The van der Waals surface area contributed by atoms with Crippen molar-refractivity contribution in [1.82, 2.24) is 14.8 Å². The minimum absolute atomic E-state index is 0.159. The van der Waals surface area contributed by atoms with Crippen molar-refractivity contribution >= 4 is 22.9 Å². The first-order chi connectivity index (χ1) is 14.1. The van der Waals surface area contributed by atoms with Crippen LogP contribution in [0.1, 0.15) is 51.0 Å². The van der Waals surface area contributed by atoms with Crippen LogP contribution >= 0.6 is 0 Å². The predicted octanol–water partition coefficient (Wildman–Crippen LogP) is 4.59. The Balaban J connectivity index is 2.05. The zero-order chi connectivity index (χ0) is 21.1. The Bertz CT molecular complexity index is 857. The number of carbonyl (C=O) groups excluding carboxylic acids is 1. The van der Waals surface area contributed by atoms with Crippen LogP contribution in [-0.4, -0.2) is 42.6 Å².